The Hall–Kier alpha value is -2.11. The van der Waals surface area contributed by atoms with Gasteiger partial charge in [0.1, 0.15) is 5.69 Å². The summed E-state index contributed by atoms with van der Waals surface area (Å²) in [6.45, 7) is 0.451. The van der Waals surface area contributed by atoms with Crippen LogP contribution >= 0.6 is 0 Å². The molecule has 0 aliphatic carbocycles. The van der Waals surface area contributed by atoms with Crippen molar-refractivity contribution in [3.8, 4) is 0 Å². The van der Waals surface area contributed by atoms with Crippen molar-refractivity contribution in [3.05, 3.63) is 24.0 Å². The van der Waals surface area contributed by atoms with Gasteiger partial charge in [0.25, 0.3) is 5.91 Å². The predicted octanol–water partition coefficient (Wildman–Crippen LogP) is 0.758. The maximum atomic E-state index is 11.7. The van der Waals surface area contributed by atoms with Crippen LogP contribution in [-0.2, 0) is 9.53 Å². The van der Waals surface area contributed by atoms with Gasteiger partial charge in [0.15, 0.2) is 0 Å². The number of methoxy groups -OCH3 is 1. The molecular formula is C12H17N3O3. The van der Waals surface area contributed by atoms with Gasteiger partial charge in [0.2, 0.25) is 0 Å². The summed E-state index contributed by atoms with van der Waals surface area (Å²) < 4.78 is 4.53. The lowest BCUT2D eigenvalue weighted by Gasteiger charge is -2.11. The summed E-state index contributed by atoms with van der Waals surface area (Å²) in [4.78, 5) is 28.1. The second-order valence-corrected chi connectivity index (χ2v) is 3.88. The molecule has 6 nitrogen and oxygen atoms in total. The number of carbonyl (C=O) groups is 2. The van der Waals surface area contributed by atoms with Crippen LogP contribution in [0.3, 0.4) is 0 Å². The van der Waals surface area contributed by atoms with Crippen molar-refractivity contribution < 1.29 is 14.3 Å². The number of anilines is 1. The number of ether oxygens (including phenoxy) is 1. The first kappa shape index (κ1) is 14.0. The SMILES string of the molecule is COC(=O)CCNc1ccnc(C(=O)N(C)C)c1. The Kier molecular flexibility index (Phi) is 5.10. The van der Waals surface area contributed by atoms with Crippen molar-refractivity contribution >= 4 is 17.6 Å². The average molecular weight is 251 g/mol. The smallest absolute Gasteiger partial charge is 0.307 e. The third-order valence-corrected chi connectivity index (χ3v) is 2.27. The number of aromatic nitrogens is 1. The Bertz CT molecular complexity index is 432. The number of rotatable bonds is 5. The van der Waals surface area contributed by atoms with E-state index in [0.29, 0.717) is 12.2 Å². The predicted molar refractivity (Wildman–Crippen MR) is 67.4 cm³/mol. The summed E-state index contributed by atoms with van der Waals surface area (Å²) in [6, 6.07) is 3.39. The summed E-state index contributed by atoms with van der Waals surface area (Å²) in [5, 5.41) is 3.03. The lowest BCUT2D eigenvalue weighted by atomic mass is 10.3. The number of nitrogens with zero attached hydrogens (tertiary/aromatic N) is 2. The van der Waals surface area contributed by atoms with E-state index in [1.165, 1.54) is 12.0 Å². The van der Waals surface area contributed by atoms with E-state index in [1.54, 1.807) is 32.4 Å². The molecule has 1 heterocycles. The summed E-state index contributed by atoms with van der Waals surface area (Å²) in [5.41, 5.74) is 1.11. The largest absolute Gasteiger partial charge is 0.469 e. The van der Waals surface area contributed by atoms with E-state index in [1.807, 2.05) is 0 Å². The molecule has 1 aromatic rings. The number of esters is 1. The molecule has 0 unspecified atom stereocenters. The molecule has 0 spiro atoms. The van der Waals surface area contributed by atoms with E-state index >= 15 is 0 Å². The normalized spacial score (nSPS) is 9.72. The van der Waals surface area contributed by atoms with Gasteiger partial charge in [-0.05, 0) is 12.1 Å². The maximum absolute atomic E-state index is 11.7. The van der Waals surface area contributed by atoms with Gasteiger partial charge in [-0.25, -0.2) is 0 Å². The molecule has 0 saturated heterocycles. The van der Waals surface area contributed by atoms with Gasteiger partial charge < -0.3 is 15.0 Å². The van der Waals surface area contributed by atoms with Crippen molar-refractivity contribution in [2.24, 2.45) is 0 Å². The molecule has 0 bridgehead atoms. The number of nitrogens with one attached hydrogen (secondary N) is 1. The minimum absolute atomic E-state index is 0.161. The minimum atomic E-state index is -0.277. The highest BCUT2D eigenvalue weighted by molar-refractivity contribution is 5.92. The van der Waals surface area contributed by atoms with Crippen molar-refractivity contribution in [1.82, 2.24) is 9.88 Å². The van der Waals surface area contributed by atoms with Crippen LogP contribution in [0.15, 0.2) is 18.3 Å². The highest BCUT2D eigenvalue weighted by Gasteiger charge is 2.09. The fourth-order valence-electron chi connectivity index (χ4n) is 1.30. The monoisotopic (exact) mass is 251 g/mol. The second kappa shape index (κ2) is 6.58. The molecule has 6 heteroatoms. The van der Waals surface area contributed by atoms with Crippen LogP contribution in [0, 0.1) is 0 Å². The zero-order chi connectivity index (χ0) is 13.5. The molecule has 0 atom stereocenters. The van der Waals surface area contributed by atoms with Crippen molar-refractivity contribution in [1.29, 1.82) is 0 Å². The first-order valence-electron chi connectivity index (χ1n) is 5.53. The molecule has 18 heavy (non-hydrogen) atoms. The molecule has 98 valence electrons. The molecule has 1 rings (SSSR count). The first-order valence-corrected chi connectivity index (χ1v) is 5.53. The first-order chi connectivity index (χ1) is 8.54. The maximum Gasteiger partial charge on any atom is 0.307 e. The number of carbonyl (C=O) groups excluding carboxylic acids is 2. The number of amides is 1. The number of pyridine rings is 1. The fourth-order valence-corrected chi connectivity index (χ4v) is 1.30. The highest BCUT2D eigenvalue weighted by Crippen LogP contribution is 2.09. The molecule has 1 aromatic heterocycles. The van der Waals surface area contributed by atoms with Crippen molar-refractivity contribution in [3.63, 3.8) is 0 Å². The molecule has 0 aliphatic heterocycles. The Morgan fingerprint density at radius 1 is 1.44 bits per heavy atom. The quantitative estimate of drug-likeness (QED) is 0.782. The van der Waals surface area contributed by atoms with Crippen molar-refractivity contribution in [2.75, 3.05) is 33.1 Å². The molecule has 1 N–H and O–H groups in total. The Morgan fingerprint density at radius 3 is 2.78 bits per heavy atom. The van der Waals surface area contributed by atoms with E-state index in [2.05, 4.69) is 15.0 Å². The minimum Gasteiger partial charge on any atom is -0.469 e. The highest BCUT2D eigenvalue weighted by atomic mass is 16.5. The Morgan fingerprint density at radius 2 is 2.17 bits per heavy atom. The van der Waals surface area contributed by atoms with Gasteiger partial charge in [-0.3, -0.25) is 14.6 Å². The van der Waals surface area contributed by atoms with Gasteiger partial charge in [-0.1, -0.05) is 0 Å². The lowest BCUT2D eigenvalue weighted by Crippen LogP contribution is -2.22. The van der Waals surface area contributed by atoms with E-state index in [0.717, 1.165) is 5.69 Å². The molecule has 1 amide bonds. The number of hydrogen-bond acceptors (Lipinski definition) is 5. The van der Waals surface area contributed by atoms with Crippen molar-refractivity contribution in [2.45, 2.75) is 6.42 Å². The standard InChI is InChI=1S/C12H17N3O3/c1-15(2)12(17)10-8-9(4-6-14-10)13-7-5-11(16)18-3/h4,6,8H,5,7H2,1-3H3,(H,13,14). The summed E-state index contributed by atoms with van der Waals surface area (Å²) >= 11 is 0. The van der Waals surface area contributed by atoms with Gasteiger partial charge in [-0.15, -0.1) is 0 Å². The van der Waals surface area contributed by atoms with E-state index in [4.69, 9.17) is 0 Å². The number of hydrogen-bond donors (Lipinski definition) is 1. The van der Waals surface area contributed by atoms with E-state index in [9.17, 15) is 9.59 Å². The zero-order valence-corrected chi connectivity index (χ0v) is 10.8. The third kappa shape index (κ3) is 4.04. The van der Waals surface area contributed by atoms with Crippen LogP contribution in [0.1, 0.15) is 16.9 Å². The van der Waals surface area contributed by atoms with E-state index < -0.39 is 0 Å². The van der Waals surface area contributed by atoms with E-state index in [-0.39, 0.29) is 18.3 Å². The lowest BCUT2D eigenvalue weighted by molar-refractivity contribution is -0.140. The summed E-state index contributed by atoms with van der Waals surface area (Å²) in [5.74, 6) is -0.437. The molecule has 0 saturated carbocycles. The molecule has 0 radical (unpaired) electrons. The van der Waals surface area contributed by atoms with Gasteiger partial charge in [-0.2, -0.15) is 0 Å². The second-order valence-electron chi connectivity index (χ2n) is 3.88. The fraction of sp³-hybridized carbons (Fsp3) is 0.417. The van der Waals surface area contributed by atoms with Crippen LogP contribution in [0.5, 0.6) is 0 Å². The van der Waals surface area contributed by atoms with Gasteiger partial charge in [0, 0.05) is 32.5 Å². The summed E-state index contributed by atoms with van der Waals surface area (Å²) in [7, 11) is 4.69. The topological polar surface area (TPSA) is 71.5 Å². The molecule has 0 aromatic carbocycles. The summed E-state index contributed by atoms with van der Waals surface area (Å²) in [6.07, 6.45) is 1.83. The Balaban J connectivity index is 2.60. The van der Waals surface area contributed by atoms with Gasteiger partial charge >= 0.3 is 5.97 Å². The third-order valence-electron chi connectivity index (χ3n) is 2.27. The van der Waals surface area contributed by atoms with Crippen LogP contribution in [0.25, 0.3) is 0 Å². The van der Waals surface area contributed by atoms with Gasteiger partial charge in [0.05, 0.1) is 13.5 Å². The molecular weight excluding hydrogens is 234 g/mol. The molecule has 0 aliphatic rings. The van der Waals surface area contributed by atoms with Crippen LogP contribution in [-0.4, -0.2) is 49.5 Å². The molecule has 0 fully saturated rings. The van der Waals surface area contributed by atoms with Crippen LogP contribution in [0.2, 0.25) is 0 Å². The van der Waals surface area contributed by atoms with Crippen LogP contribution in [0.4, 0.5) is 5.69 Å². The Labute approximate surface area is 106 Å². The van der Waals surface area contributed by atoms with Crippen LogP contribution < -0.4 is 5.32 Å². The zero-order valence-electron chi connectivity index (χ0n) is 10.8. The average Bonchev–Trinajstić information content (AvgIpc) is 2.37.